The molecule has 2 heteroatoms. The molecule has 1 aromatic heterocycles. The van der Waals surface area contributed by atoms with E-state index in [0.29, 0.717) is 0 Å². The van der Waals surface area contributed by atoms with Gasteiger partial charge in [-0.3, -0.25) is 0 Å². The van der Waals surface area contributed by atoms with E-state index in [1.165, 1.54) is 38.6 Å². The molecule has 0 aliphatic rings. The second-order valence-electron chi connectivity index (χ2n) is 14.6. The molecule has 0 amide bonds. The SMILES string of the molecule is CC(C)(C)c1ccc(-c2ccccc2N(c2ccc3c(c2)oc2ccccc23)c2ccccc2-c2cccc3cccc(-c4ccccc4)c23)cc1. The molecule has 8 aromatic carbocycles. The number of furan rings is 1. The lowest BCUT2D eigenvalue weighted by Crippen LogP contribution is -2.13. The second kappa shape index (κ2) is 12.7. The number of hydrogen-bond donors (Lipinski definition) is 0. The third-order valence-electron chi connectivity index (χ3n) is 10.3. The highest BCUT2D eigenvalue weighted by Gasteiger charge is 2.23. The number of para-hydroxylation sites is 3. The fourth-order valence-corrected chi connectivity index (χ4v) is 7.64. The molecule has 0 fully saturated rings. The Morgan fingerprint density at radius 2 is 1.00 bits per heavy atom. The number of nitrogens with zero attached hydrogens (tertiary/aromatic N) is 1. The summed E-state index contributed by atoms with van der Waals surface area (Å²) < 4.78 is 6.49. The lowest BCUT2D eigenvalue weighted by Gasteiger charge is -2.30. The highest BCUT2D eigenvalue weighted by Crippen LogP contribution is 2.48. The predicted molar refractivity (Wildman–Crippen MR) is 221 cm³/mol. The average molecular weight is 670 g/mol. The molecule has 1 heterocycles. The smallest absolute Gasteiger partial charge is 0.137 e. The summed E-state index contributed by atoms with van der Waals surface area (Å²) in [6, 6.07) is 65.6. The molecule has 0 bridgehead atoms. The van der Waals surface area contributed by atoms with Crippen LogP contribution in [0.15, 0.2) is 186 Å². The Morgan fingerprint density at radius 3 is 1.75 bits per heavy atom. The minimum absolute atomic E-state index is 0.0715. The van der Waals surface area contributed by atoms with Gasteiger partial charge < -0.3 is 9.32 Å². The van der Waals surface area contributed by atoms with E-state index in [0.717, 1.165) is 50.1 Å². The molecule has 0 radical (unpaired) electrons. The van der Waals surface area contributed by atoms with Gasteiger partial charge in [0, 0.05) is 33.7 Å². The summed E-state index contributed by atoms with van der Waals surface area (Å²) in [5, 5.41) is 4.69. The van der Waals surface area contributed by atoms with E-state index in [1.807, 2.05) is 12.1 Å². The van der Waals surface area contributed by atoms with Crippen LogP contribution >= 0.6 is 0 Å². The van der Waals surface area contributed by atoms with Crippen molar-refractivity contribution in [1.82, 2.24) is 0 Å². The van der Waals surface area contributed by atoms with Crippen molar-refractivity contribution in [2.24, 2.45) is 0 Å². The summed E-state index contributed by atoms with van der Waals surface area (Å²) in [5.74, 6) is 0. The highest BCUT2D eigenvalue weighted by atomic mass is 16.3. The maximum absolute atomic E-state index is 6.49. The number of fused-ring (bicyclic) bond motifs is 4. The van der Waals surface area contributed by atoms with Gasteiger partial charge in [0.15, 0.2) is 0 Å². The molecule has 2 nitrogen and oxygen atoms in total. The van der Waals surface area contributed by atoms with E-state index in [-0.39, 0.29) is 5.41 Å². The Kier molecular flexibility index (Phi) is 7.74. The number of anilines is 3. The lowest BCUT2D eigenvalue weighted by molar-refractivity contribution is 0.590. The van der Waals surface area contributed by atoms with Crippen molar-refractivity contribution in [3.8, 4) is 33.4 Å². The van der Waals surface area contributed by atoms with Crippen molar-refractivity contribution < 1.29 is 4.42 Å². The second-order valence-corrected chi connectivity index (χ2v) is 14.6. The first kappa shape index (κ1) is 31.6. The molecule has 0 saturated heterocycles. The highest BCUT2D eigenvalue weighted by molar-refractivity contribution is 6.10. The van der Waals surface area contributed by atoms with Gasteiger partial charge in [-0.05, 0) is 74.3 Å². The zero-order valence-electron chi connectivity index (χ0n) is 29.7. The molecule has 0 unspecified atom stereocenters. The van der Waals surface area contributed by atoms with Gasteiger partial charge in [-0.2, -0.15) is 0 Å². The summed E-state index contributed by atoms with van der Waals surface area (Å²) in [4.78, 5) is 2.42. The largest absolute Gasteiger partial charge is 0.456 e. The summed E-state index contributed by atoms with van der Waals surface area (Å²) in [6.07, 6.45) is 0. The fourth-order valence-electron chi connectivity index (χ4n) is 7.64. The van der Waals surface area contributed by atoms with E-state index in [4.69, 9.17) is 4.42 Å². The standard InChI is InChI=1S/C50H39NO/c1-50(2,3)37-29-27-35(28-30-37)39-19-7-10-24-45(39)51(38-31-32-43-42-21-9-12-26-47(42)52-48(43)33-38)46-25-11-8-20-41(46)44-23-14-18-36-17-13-22-40(49(36)44)34-15-5-4-6-16-34/h4-33H,1-3H3. The molecular formula is C50H39NO. The van der Waals surface area contributed by atoms with Crippen molar-refractivity contribution in [2.45, 2.75) is 26.2 Å². The van der Waals surface area contributed by atoms with Crippen molar-refractivity contribution in [3.63, 3.8) is 0 Å². The van der Waals surface area contributed by atoms with Crippen molar-refractivity contribution in [3.05, 3.63) is 188 Å². The van der Waals surface area contributed by atoms with Gasteiger partial charge in [0.2, 0.25) is 0 Å². The molecule has 0 aliphatic carbocycles. The molecule has 250 valence electrons. The van der Waals surface area contributed by atoms with E-state index >= 15 is 0 Å². The first-order chi connectivity index (χ1) is 25.4. The molecule has 0 aliphatic heterocycles. The average Bonchev–Trinajstić information content (AvgIpc) is 3.56. The number of rotatable bonds is 6. The lowest BCUT2D eigenvalue weighted by atomic mass is 9.86. The minimum Gasteiger partial charge on any atom is -0.456 e. The normalized spacial score (nSPS) is 11.8. The number of benzene rings is 8. The van der Waals surface area contributed by atoms with E-state index in [1.54, 1.807) is 0 Å². The van der Waals surface area contributed by atoms with Crippen molar-refractivity contribution in [1.29, 1.82) is 0 Å². The molecule has 9 rings (SSSR count). The predicted octanol–water partition coefficient (Wildman–Crippen LogP) is 14.5. The number of hydrogen-bond acceptors (Lipinski definition) is 2. The third-order valence-corrected chi connectivity index (χ3v) is 10.3. The molecule has 0 spiro atoms. The zero-order chi connectivity index (χ0) is 35.2. The first-order valence-electron chi connectivity index (χ1n) is 18.0. The first-order valence-corrected chi connectivity index (χ1v) is 18.0. The summed E-state index contributed by atoms with van der Waals surface area (Å²) in [6.45, 7) is 6.79. The Balaban J connectivity index is 1.31. The van der Waals surface area contributed by atoms with Crippen LogP contribution in [0.25, 0.3) is 66.1 Å². The van der Waals surface area contributed by atoms with E-state index in [9.17, 15) is 0 Å². The van der Waals surface area contributed by atoms with Crippen molar-refractivity contribution in [2.75, 3.05) is 4.90 Å². The summed E-state index contributed by atoms with van der Waals surface area (Å²) in [7, 11) is 0. The van der Waals surface area contributed by atoms with Crippen LogP contribution in [0, 0.1) is 0 Å². The van der Waals surface area contributed by atoms with Gasteiger partial charge in [0.05, 0.1) is 11.4 Å². The quantitative estimate of drug-likeness (QED) is 0.175. The van der Waals surface area contributed by atoms with Crippen LogP contribution in [-0.2, 0) is 5.41 Å². The zero-order valence-corrected chi connectivity index (χ0v) is 29.7. The Bertz CT molecular complexity index is 2710. The van der Waals surface area contributed by atoms with Gasteiger partial charge in [-0.15, -0.1) is 0 Å². The summed E-state index contributed by atoms with van der Waals surface area (Å²) in [5.41, 5.74) is 13.5. The van der Waals surface area contributed by atoms with Gasteiger partial charge >= 0.3 is 0 Å². The Morgan fingerprint density at radius 1 is 0.423 bits per heavy atom. The van der Waals surface area contributed by atoms with Crippen LogP contribution in [0.3, 0.4) is 0 Å². The maximum Gasteiger partial charge on any atom is 0.137 e. The van der Waals surface area contributed by atoms with Gasteiger partial charge in [-0.1, -0.05) is 166 Å². The van der Waals surface area contributed by atoms with Crippen molar-refractivity contribution >= 4 is 49.8 Å². The molecule has 0 saturated carbocycles. The van der Waals surface area contributed by atoms with Crippen LogP contribution in [0.4, 0.5) is 17.1 Å². The maximum atomic E-state index is 6.49. The van der Waals surface area contributed by atoms with Crippen LogP contribution in [0.1, 0.15) is 26.3 Å². The van der Waals surface area contributed by atoms with Crippen LogP contribution in [0.5, 0.6) is 0 Å². The van der Waals surface area contributed by atoms with E-state index < -0.39 is 0 Å². The van der Waals surface area contributed by atoms with Gasteiger partial charge in [0.1, 0.15) is 11.2 Å². The van der Waals surface area contributed by atoms with Crippen LogP contribution in [0.2, 0.25) is 0 Å². The molecular weight excluding hydrogens is 631 g/mol. The van der Waals surface area contributed by atoms with E-state index in [2.05, 4.69) is 196 Å². The van der Waals surface area contributed by atoms with Crippen LogP contribution < -0.4 is 4.90 Å². The third kappa shape index (κ3) is 5.54. The van der Waals surface area contributed by atoms with Gasteiger partial charge in [-0.25, -0.2) is 0 Å². The Hall–Kier alpha value is -6.38. The molecule has 0 N–H and O–H groups in total. The molecule has 52 heavy (non-hydrogen) atoms. The monoisotopic (exact) mass is 669 g/mol. The topological polar surface area (TPSA) is 16.4 Å². The minimum atomic E-state index is 0.0715. The van der Waals surface area contributed by atoms with Crippen LogP contribution in [-0.4, -0.2) is 0 Å². The van der Waals surface area contributed by atoms with Gasteiger partial charge in [0.25, 0.3) is 0 Å². The Labute approximate surface area is 305 Å². The summed E-state index contributed by atoms with van der Waals surface area (Å²) >= 11 is 0. The fraction of sp³-hybridized carbons (Fsp3) is 0.0800. The molecule has 0 atom stereocenters. The molecule has 9 aromatic rings.